The molecule has 0 saturated carbocycles. The Kier molecular flexibility index (Phi) is 1.59. The summed E-state index contributed by atoms with van der Waals surface area (Å²) in [6, 6.07) is 0. The van der Waals surface area contributed by atoms with E-state index in [1.165, 1.54) is 0 Å². The predicted molar refractivity (Wildman–Crippen MR) is 25.6 cm³/mol. The van der Waals surface area contributed by atoms with E-state index in [0.717, 1.165) is 18.2 Å². The molecule has 1 aliphatic heterocycles. The van der Waals surface area contributed by atoms with Gasteiger partial charge in [-0.3, -0.25) is 0 Å². The molecule has 0 radical (unpaired) electrons. The maximum atomic E-state index is 12.0. The average Bonchev–Trinajstić information content (AvgIpc) is 1.69. The standard InChI is InChI=1S/C4H9FN2/c5-7-3-1-6-2-4-7/h6H,1-4H2. The molecule has 0 unspecified atom stereocenters. The van der Waals surface area contributed by atoms with Gasteiger partial charge in [0.05, 0.1) is 0 Å². The predicted octanol–water partition coefficient (Wildman–Crippen LogP) is -0.224. The summed E-state index contributed by atoms with van der Waals surface area (Å²) >= 11 is 0. The van der Waals surface area contributed by atoms with E-state index in [0.29, 0.717) is 13.1 Å². The Morgan fingerprint density at radius 1 is 1.29 bits per heavy atom. The van der Waals surface area contributed by atoms with E-state index >= 15 is 0 Å². The maximum absolute atomic E-state index is 12.0. The topological polar surface area (TPSA) is 15.3 Å². The number of rotatable bonds is 0. The molecule has 0 aromatic rings. The summed E-state index contributed by atoms with van der Waals surface area (Å²) in [6.07, 6.45) is 0. The fraction of sp³-hybridized carbons (Fsp3) is 1.00. The van der Waals surface area contributed by atoms with Gasteiger partial charge in [-0.05, 0) is 0 Å². The second-order valence-electron chi connectivity index (χ2n) is 1.66. The number of hydrogen-bond donors (Lipinski definition) is 1. The Labute approximate surface area is 42.2 Å². The fourth-order valence-electron chi connectivity index (χ4n) is 0.638. The monoisotopic (exact) mass is 104 g/mol. The summed E-state index contributed by atoms with van der Waals surface area (Å²) in [7, 11) is 0. The third-order valence-corrected chi connectivity index (χ3v) is 1.06. The van der Waals surface area contributed by atoms with Gasteiger partial charge in [0.2, 0.25) is 0 Å². The number of hydrogen-bond acceptors (Lipinski definition) is 2. The average molecular weight is 104 g/mol. The van der Waals surface area contributed by atoms with E-state index in [-0.39, 0.29) is 0 Å². The lowest BCUT2D eigenvalue weighted by atomic mass is 10.4. The molecule has 1 N–H and O–H groups in total. The van der Waals surface area contributed by atoms with Gasteiger partial charge in [0.25, 0.3) is 0 Å². The highest BCUT2D eigenvalue weighted by atomic mass is 19.2. The van der Waals surface area contributed by atoms with Crippen molar-refractivity contribution in [2.45, 2.75) is 0 Å². The van der Waals surface area contributed by atoms with Crippen molar-refractivity contribution in [1.82, 2.24) is 10.4 Å². The molecule has 0 aromatic carbocycles. The van der Waals surface area contributed by atoms with Crippen LogP contribution in [0.5, 0.6) is 0 Å². The van der Waals surface area contributed by atoms with Crippen LogP contribution in [0, 0.1) is 0 Å². The highest BCUT2D eigenvalue weighted by Crippen LogP contribution is 1.88. The van der Waals surface area contributed by atoms with E-state index in [1.807, 2.05) is 0 Å². The second-order valence-corrected chi connectivity index (χ2v) is 1.66. The molecule has 42 valence electrons. The summed E-state index contributed by atoms with van der Waals surface area (Å²) in [6.45, 7) is 2.66. The first-order valence-electron chi connectivity index (χ1n) is 2.51. The highest BCUT2D eigenvalue weighted by molar-refractivity contribution is 4.58. The number of halogens is 1. The Morgan fingerprint density at radius 3 is 2.14 bits per heavy atom. The Hall–Kier alpha value is -0.150. The summed E-state index contributed by atoms with van der Waals surface area (Å²) in [5.74, 6) is 0. The van der Waals surface area contributed by atoms with Gasteiger partial charge in [0.1, 0.15) is 0 Å². The molecule has 2 nitrogen and oxygen atoms in total. The molecule has 1 fully saturated rings. The lowest BCUT2D eigenvalue weighted by Gasteiger charge is -2.17. The zero-order valence-corrected chi connectivity index (χ0v) is 4.15. The lowest BCUT2D eigenvalue weighted by Crippen LogP contribution is -2.38. The molecule has 0 spiro atoms. The van der Waals surface area contributed by atoms with Crippen molar-refractivity contribution in [3.63, 3.8) is 0 Å². The molecule has 0 bridgehead atoms. The first-order valence-corrected chi connectivity index (χ1v) is 2.51. The van der Waals surface area contributed by atoms with Crippen LogP contribution in [-0.2, 0) is 0 Å². The number of nitrogens with zero attached hydrogens (tertiary/aromatic N) is 1. The molecule has 3 heteroatoms. The van der Waals surface area contributed by atoms with E-state index in [4.69, 9.17) is 0 Å². The minimum atomic E-state index is 0.542. The summed E-state index contributed by atoms with van der Waals surface area (Å²) < 4.78 is 12.0. The zero-order valence-electron chi connectivity index (χ0n) is 4.15. The van der Waals surface area contributed by atoms with Crippen LogP contribution in [0.1, 0.15) is 0 Å². The van der Waals surface area contributed by atoms with Crippen molar-refractivity contribution < 1.29 is 4.48 Å². The molecular formula is C4H9FN2. The van der Waals surface area contributed by atoms with E-state index in [9.17, 15) is 4.48 Å². The minimum Gasteiger partial charge on any atom is -0.314 e. The SMILES string of the molecule is FN1CCNCC1. The zero-order chi connectivity index (χ0) is 5.11. The van der Waals surface area contributed by atoms with Gasteiger partial charge >= 0.3 is 0 Å². The molecule has 1 aliphatic rings. The van der Waals surface area contributed by atoms with Crippen molar-refractivity contribution >= 4 is 0 Å². The molecule has 1 saturated heterocycles. The van der Waals surface area contributed by atoms with Crippen molar-refractivity contribution in [2.24, 2.45) is 0 Å². The largest absolute Gasteiger partial charge is 0.314 e. The van der Waals surface area contributed by atoms with Crippen LogP contribution in [0.3, 0.4) is 0 Å². The lowest BCUT2D eigenvalue weighted by molar-refractivity contribution is 0.0135. The Morgan fingerprint density at radius 2 is 1.86 bits per heavy atom. The maximum Gasteiger partial charge on any atom is 0.0416 e. The van der Waals surface area contributed by atoms with Gasteiger partial charge in [0.15, 0.2) is 0 Å². The van der Waals surface area contributed by atoms with Gasteiger partial charge in [-0.15, -0.1) is 9.60 Å². The highest BCUT2D eigenvalue weighted by Gasteiger charge is 2.05. The Bertz CT molecular complexity index is 51.7. The van der Waals surface area contributed by atoms with Crippen LogP contribution in [0.4, 0.5) is 4.48 Å². The van der Waals surface area contributed by atoms with Crippen molar-refractivity contribution in [2.75, 3.05) is 26.2 Å². The molecule has 0 amide bonds. The van der Waals surface area contributed by atoms with E-state index < -0.39 is 0 Å². The molecular weight excluding hydrogens is 95.1 g/mol. The molecule has 0 aliphatic carbocycles. The van der Waals surface area contributed by atoms with Crippen molar-refractivity contribution in [3.8, 4) is 0 Å². The Balaban J connectivity index is 2.12. The normalized spacial score (nSPS) is 25.3. The van der Waals surface area contributed by atoms with Crippen LogP contribution in [-0.4, -0.2) is 31.3 Å². The van der Waals surface area contributed by atoms with E-state index in [2.05, 4.69) is 5.32 Å². The van der Waals surface area contributed by atoms with Gasteiger partial charge in [-0.25, -0.2) is 0 Å². The van der Waals surface area contributed by atoms with Crippen molar-refractivity contribution in [3.05, 3.63) is 0 Å². The van der Waals surface area contributed by atoms with Gasteiger partial charge in [-0.1, -0.05) is 0 Å². The quantitative estimate of drug-likeness (QED) is 0.427. The van der Waals surface area contributed by atoms with Crippen LogP contribution in [0.15, 0.2) is 0 Å². The third-order valence-electron chi connectivity index (χ3n) is 1.06. The van der Waals surface area contributed by atoms with Crippen LogP contribution >= 0.6 is 0 Å². The fourth-order valence-corrected chi connectivity index (χ4v) is 0.638. The van der Waals surface area contributed by atoms with Crippen LogP contribution in [0.2, 0.25) is 0 Å². The van der Waals surface area contributed by atoms with Gasteiger partial charge < -0.3 is 5.32 Å². The van der Waals surface area contributed by atoms with Crippen molar-refractivity contribution in [1.29, 1.82) is 0 Å². The van der Waals surface area contributed by atoms with Crippen LogP contribution in [0.25, 0.3) is 0 Å². The molecule has 0 atom stereocenters. The third kappa shape index (κ3) is 1.41. The minimum absolute atomic E-state index is 0.542. The molecule has 1 heterocycles. The second kappa shape index (κ2) is 2.23. The molecule has 0 aromatic heterocycles. The number of nitrogens with one attached hydrogen (secondary N) is 1. The van der Waals surface area contributed by atoms with Gasteiger partial charge in [0, 0.05) is 26.2 Å². The summed E-state index contributed by atoms with van der Waals surface area (Å²) in [5, 5.41) is 3.86. The molecule has 7 heavy (non-hydrogen) atoms. The number of piperazine rings is 1. The summed E-state index contributed by atoms with van der Waals surface area (Å²) in [4.78, 5) is 0. The first-order chi connectivity index (χ1) is 3.39. The van der Waals surface area contributed by atoms with E-state index in [1.54, 1.807) is 0 Å². The van der Waals surface area contributed by atoms with Crippen LogP contribution < -0.4 is 5.32 Å². The first kappa shape index (κ1) is 5.00. The smallest absolute Gasteiger partial charge is 0.0416 e. The molecule has 1 rings (SSSR count). The summed E-state index contributed by atoms with van der Waals surface area (Å²) in [5.41, 5.74) is 0. The van der Waals surface area contributed by atoms with Gasteiger partial charge in [-0.2, -0.15) is 0 Å².